The molecule has 1 aliphatic heterocycles. The van der Waals surface area contributed by atoms with E-state index in [1.54, 1.807) is 17.9 Å². The van der Waals surface area contributed by atoms with Crippen LogP contribution in [0.2, 0.25) is 0 Å². The highest BCUT2D eigenvalue weighted by Gasteiger charge is 2.27. The fraction of sp³-hybridized carbons (Fsp3) is 0.500. The number of rotatable bonds is 4. The van der Waals surface area contributed by atoms with Crippen LogP contribution < -0.4 is 0 Å². The number of halogens is 1. The zero-order valence-corrected chi connectivity index (χ0v) is 14.1. The van der Waals surface area contributed by atoms with Crippen LogP contribution >= 0.6 is 0 Å². The molecule has 0 aliphatic carbocycles. The number of benzene rings is 1. The molecule has 1 unspecified atom stereocenters. The Morgan fingerprint density at radius 1 is 1.33 bits per heavy atom. The molecule has 1 aromatic heterocycles. The second-order valence-electron chi connectivity index (χ2n) is 6.35. The molecule has 1 fully saturated rings. The zero-order chi connectivity index (χ0) is 17.3. The predicted octanol–water partition coefficient (Wildman–Crippen LogP) is 2.41. The molecule has 1 amide bonds. The van der Waals surface area contributed by atoms with Crippen molar-refractivity contribution in [1.82, 2.24) is 9.80 Å². The SMILES string of the molecule is CCC(O)CN1CCN(C(=O)c2oc3ccc(F)cc3c2C)CC1. The van der Waals surface area contributed by atoms with E-state index in [2.05, 4.69) is 4.90 Å². The Bertz CT molecular complexity index is 735. The highest BCUT2D eigenvalue weighted by molar-refractivity contribution is 5.99. The second kappa shape index (κ2) is 6.91. The van der Waals surface area contributed by atoms with Gasteiger partial charge in [-0.2, -0.15) is 0 Å². The van der Waals surface area contributed by atoms with E-state index >= 15 is 0 Å². The van der Waals surface area contributed by atoms with Crippen LogP contribution in [0.5, 0.6) is 0 Å². The van der Waals surface area contributed by atoms with E-state index in [9.17, 15) is 14.3 Å². The maximum absolute atomic E-state index is 13.4. The molecule has 2 heterocycles. The van der Waals surface area contributed by atoms with Crippen LogP contribution in [-0.4, -0.2) is 59.6 Å². The van der Waals surface area contributed by atoms with Crippen LogP contribution in [0.4, 0.5) is 4.39 Å². The molecular weight excluding hydrogens is 311 g/mol. The summed E-state index contributed by atoms with van der Waals surface area (Å²) < 4.78 is 19.1. The second-order valence-corrected chi connectivity index (χ2v) is 6.35. The summed E-state index contributed by atoms with van der Waals surface area (Å²) in [6.45, 7) is 7.04. The van der Waals surface area contributed by atoms with E-state index in [0.29, 0.717) is 36.2 Å². The Morgan fingerprint density at radius 2 is 2.04 bits per heavy atom. The standard InChI is InChI=1S/C18H23FN2O3/c1-3-14(22)11-20-6-8-21(9-7-20)18(23)17-12(2)15-10-13(19)4-5-16(15)24-17/h4-5,10,14,22H,3,6-9,11H2,1-2H3. The first-order valence-electron chi connectivity index (χ1n) is 8.38. The van der Waals surface area contributed by atoms with Gasteiger partial charge in [0, 0.05) is 43.7 Å². The van der Waals surface area contributed by atoms with E-state index in [0.717, 1.165) is 19.5 Å². The number of amides is 1. The molecule has 2 aromatic rings. The van der Waals surface area contributed by atoms with Crippen molar-refractivity contribution in [2.45, 2.75) is 26.4 Å². The Kier molecular flexibility index (Phi) is 4.87. The zero-order valence-electron chi connectivity index (χ0n) is 14.1. The van der Waals surface area contributed by atoms with Crippen LogP contribution in [0.3, 0.4) is 0 Å². The first kappa shape index (κ1) is 16.9. The number of aliphatic hydroxyl groups is 1. The predicted molar refractivity (Wildman–Crippen MR) is 89.6 cm³/mol. The average molecular weight is 334 g/mol. The fourth-order valence-corrected chi connectivity index (χ4v) is 3.10. The highest BCUT2D eigenvalue weighted by Crippen LogP contribution is 2.27. The summed E-state index contributed by atoms with van der Waals surface area (Å²) in [6, 6.07) is 4.28. The van der Waals surface area contributed by atoms with Gasteiger partial charge in [-0.25, -0.2) is 4.39 Å². The van der Waals surface area contributed by atoms with Crippen molar-refractivity contribution in [3.8, 4) is 0 Å². The van der Waals surface area contributed by atoms with Crippen molar-refractivity contribution >= 4 is 16.9 Å². The minimum Gasteiger partial charge on any atom is -0.451 e. The molecule has 1 N–H and O–H groups in total. The number of β-amino-alcohol motifs (C(OH)–C–C–N with tert-alkyl or cyclic N) is 1. The third-order valence-corrected chi connectivity index (χ3v) is 4.69. The van der Waals surface area contributed by atoms with E-state index < -0.39 is 0 Å². The molecular formula is C18H23FN2O3. The lowest BCUT2D eigenvalue weighted by Gasteiger charge is -2.35. The van der Waals surface area contributed by atoms with Gasteiger partial charge in [-0.15, -0.1) is 0 Å². The third kappa shape index (κ3) is 3.30. The molecule has 0 radical (unpaired) electrons. The molecule has 0 bridgehead atoms. The number of furan rings is 1. The lowest BCUT2D eigenvalue weighted by Crippen LogP contribution is -2.50. The van der Waals surface area contributed by atoms with Crippen molar-refractivity contribution < 1.29 is 18.7 Å². The molecule has 0 saturated carbocycles. The quantitative estimate of drug-likeness (QED) is 0.933. The van der Waals surface area contributed by atoms with Crippen molar-refractivity contribution in [3.63, 3.8) is 0 Å². The van der Waals surface area contributed by atoms with Crippen LogP contribution in [0.1, 0.15) is 29.5 Å². The molecule has 3 rings (SSSR count). The first-order chi connectivity index (χ1) is 11.5. The molecule has 1 aromatic carbocycles. The molecule has 1 atom stereocenters. The minimum absolute atomic E-state index is 0.153. The largest absolute Gasteiger partial charge is 0.451 e. The summed E-state index contributed by atoms with van der Waals surface area (Å²) in [5, 5.41) is 10.4. The fourth-order valence-electron chi connectivity index (χ4n) is 3.10. The van der Waals surface area contributed by atoms with Crippen molar-refractivity contribution in [2.75, 3.05) is 32.7 Å². The van der Waals surface area contributed by atoms with Gasteiger partial charge in [0.2, 0.25) is 0 Å². The monoisotopic (exact) mass is 334 g/mol. The van der Waals surface area contributed by atoms with Gasteiger partial charge in [0.15, 0.2) is 5.76 Å². The lowest BCUT2D eigenvalue weighted by molar-refractivity contribution is 0.0501. The number of hydrogen-bond acceptors (Lipinski definition) is 4. The van der Waals surface area contributed by atoms with Crippen molar-refractivity contribution in [3.05, 3.63) is 35.3 Å². The number of fused-ring (bicyclic) bond motifs is 1. The maximum atomic E-state index is 13.4. The van der Waals surface area contributed by atoms with E-state index in [-0.39, 0.29) is 23.6 Å². The summed E-state index contributed by atoms with van der Waals surface area (Å²) in [4.78, 5) is 16.7. The molecule has 1 saturated heterocycles. The summed E-state index contributed by atoms with van der Waals surface area (Å²) >= 11 is 0. The van der Waals surface area contributed by atoms with Crippen LogP contribution in [0, 0.1) is 12.7 Å². The van der Waals surface area contributed by atoms with Gasteiger partial charge in [0.05, 0.1) is 6.10 Å². The molecule has 1 aliphatic rings. The van der Waals surface area contributed by atoms with Gasteiger partial charge >= 0.3 is 0 Å². The van der Waals surface area contributed by atoms with Crippen LogP contribution in [0.15, 0.2) is 22.6 Å². The number of aliphatic hydroxyl groups excluding tert-OH is 1. The number of aryl methyl sites for hydroxylation is 1. The van der Waals surface area contributed by atoms with Gasteiger partial charge in [-0.05, 0) is 31.5 Å². The summed E-state index contributed by atoms with van der Waals surface area (Å²) in [6.07, 6.45) is 0.410. The highest BCUT2D eigenvalue weighted by atomic mass is 19.1. The van der Waals surface area contributed by atoms with Gasteiger partial charge in [0.25, 0.3) is 5.91 Å². The average Bonchev–Trinajstić information content (AvgIpc) is 2.91. The number of carbonyl (C=O) groups excluding carboxylic acids is 1. The number of nitrogens with zero attached hydrogens (tertiary/aromatic N) is 2. The number of carbonyl (C=O) groups is 1. The smallest absolute Gasteiger partial charge is 0.289 e. The summed E-state index contributed by atoms with van der Waals surface area (Å²) in [5.74, 6) is -0.203. The Morgan fingerprint density at radius 3 is 2.71 bits per heavy atom. The molecule has 5 nitrogen and oxygen atoms in total. The summed E-state index contributed by atoms with van der Waals surface area (Å²) in [5.41, 5.74) is 1.21. The van der Waals surface area contributed by atoms with Gasteiger partial charge in [-0.1, -0.05) is 6.92 Å². The normalized spacial score (nSPS) is 17.4. The topological polar surface area (TPSA) is 56.9 Å². The van der Waals surface area contributed by atoms with Crippen LogP contribution in [0.25, 0.3) is 11.0 Å². The maximum Gasteiger partial charge on any atom is 0.289 e. The van der Waals surface area contributed by atoms with E-state index in [4.69, 9.17) is 4.42 Å². The van der Waals surface area contributed by atoms with E-state index in [1.807, 2.05) is 6.92 Å². The van der Waals surface area contributed by atoms with Crippen LogP contribution in [-0.2, 0) is 0 Å². The third-order valence-electron chi connectivity index (χ3n) is 4.69. The summed E-state index contributed by atoms with van der Waals surface area (Å²) in [7, 11) is 0. The Balaban J connectivity index is 1.71. The number of hydrogen-bond donors (Lipinski definition) is 1. The molecule has 0 spiro atoms. The molecule has 6 heteroatoms. The first-order valence-corrected chi connectivity index (χ1v) is 8.38. The minimum atomic E-state index is -0.339. The Hall–Kier alpha value is -1.92. The molecule has 24 heavy (non-hydrogen) atoms. The van der Waals surface area contributed by atoms with Crippen molar-refractivity contribution in [2.24, 2.45) is 0 Å². The number of piperazine rings is 1. The Labute approximate surface area is 140 Å². The van der Waals surface area contributed by atoms with E-state index in [1.165, 1.54) is 12.1 Å². The molecule has 130 valence electrons. The van der Waals surface area contributed by atoms with Gasteiger partial charge < -0.3 is 14.4 Å². The lowest BCUT2D eigenvalue weighted by atomic mass is 10.1. The van der Waals surface area contributed by atoms with Gasteiger partial charge in [-0.3, -0.25) is 9.69 Å². The van der Waals surface area contributed by atoms with Crippen molar-refractivity contribution in [1.29, 1.82) is 0 Å². The van der Waals surface area contributed by atoms with Gasteiger partial charge in [0.1, 0.15) is 11.4 Å².